The molecule has 1 rings (SSSR count). The number of urea groups is 1. The zero-order chi connectivity index (χ0) is 15.9. The van der Waals surface area contributed by atoms with Crippen molar-refractivity contribution in [2.45, 2.75) is 63.5 Å². The molecule has 1 unspecified atom stereocenters. The maximum absolute atomic E-state index is 11.9. The Kier molecular flexibility index (Phi) is 6.95. The Morgan fingerprint density at radius 1 is 1.29 bits per heavy atom. The van der Waals surface area contributed by atoms with E-state index in [-0.39, 0.29) is 24.0 Å². The van der Waals surface area contributed by atoms with Gasteiger partial charge in [0.15, 0.2) is 0 Å². The molecule has 6 nitrogen and oxygen atoms in total. The SMILES string of the molecule is CC(CCCC(=O)O)NC(=O)NCC1(N(C)C)CCCC1. The summed E-state index contributed by atoms with van der Waals surface area (Å²) in [6, 6.07) is -0.172. The van der Waals surface area contributed by atoms with Gasteiger partial charge >= 0.3 is 12.0 Å². The summed E-state index contributed by atoms with van der Waals surface area (Å²) < 4.78 is 0. The number of hydrogen-bond donors (Lipinski definition) is 3. The predicted octanol–water partition coefficient (Wildman–Crippen LogP) is 1.80. The lowest BCUT2D eigenvalue weighted by Crippen LogP contribution is -2.53. The molecule has 1 aliphatic rings. The topological polar surface area (TPSA) is 81.7 Å². The van der Waals surface area contributed by atoms with E-state index in [2.05, 4.69) is 29.6 Å². The highest BCUT2D eigenvalue weighted by Crippen LogP contribution is 2.32. The van der Waals surface area contributed by atoms with E-state index >= 15 is 0 Å². The molecule has 0 radical (unpaired) electrons. The van der Waals surface area contributed by atoms with Crippen LogP contribution in [-0.4, -0.2) is 54.2 Å². The molecule has 0 aliphatic heterocycles. The van der Waals surface area contributed by atoms with Crippen molar-refractivity contribution in [3.05, 3.63) is 0 Å². The highest BCUT2D eigenvalue weighted by molar-refractivity contribution is 5.74. The van der Waals surface area contributed by atoms with Crippen molar-refractivity contribution in [2.24, 2.45) is 0 Å². The first-order chi connectivity index (χ1) is 9.85. The number of carbonyl (C=O) groups excluding carboxylic acids is 1. The molecular formula is C15H29N3O3. The lowest BCUT2D eigenvalue weighted by atomic mass is 9.96. The number of amides is 2. The molecule has 122 valence electrons. The van der Waals surface area contributed by atoms with Crippen LogP contribution in [0.3, 0.4) is 0 Å². The van der Waals surface area contributed by atoms with E-state index in [9.17, 15) is 9.59 Å². The maximum atomic E-state index is 11.9. The van der Waals surface area contributed by atoms with Crippen LogP contribution in [-0.2, 0) is 4.79 Å². The molecule has 3 N–H and O–H groups in total. The van der Waals surface area contributed by atoms with E-state index in [4.69, 9.17) is 5.11 Å². The van der Waals surface area contributed by atoms with Gasteiger partial charge < -0.3 is 20.6 Å². The number of rotatable bonds is 8. The van der Waals surface area contributed by atoms with Gasteiger partial charge in [0.2, 0.25) is 0 Å². The van der Waals surface area contributed by atoms with E-state index in [0.29, 0.717) is 19.4 Å². The number of aliphatic carboxylic acids is 1. The van der Waals surface area contributed by atoms with E-state index < -0.39 is 5.97 Å². The number of nitrogens with zero attached hydrogens (tertiary/aromatic N) is 1. The molecular weight excluding hydrogens is 270 g/mol. The van der Waals surface area contributed by atoms with Gasteiger partial charge in [0, 0.05) is 24.5 Å². The van der Waals surface area contributed by atoms with Crippen molar-refractivity contribution in [2.75, 3.05) is 20.6 Å². The first kappa shape index (κ1) is 17.8. The number of hydrogen-bond acceptors (Lipinski definition) is 3. The van der Waals surface area contributed by atoms with Gasteiger partial charge in [-0.25, -0.2) is 4.79 Å². The highest BCUT2D eigenvalue weighted by atomic mass is 16.4. The van der Waals surface area contributed by atoms with Gasteiger partial charge in [-0.2, -0.15) is 0 Å². The predicted molar refractivity (Wildman–Crippen MR) is 82.4 cm³/mol. The van der Waals surface area contributed by atoms with Gasteiger partial charge in [0.05, 0.1) is 0 Å². The van der Waals surface area contributed by atoms with Crippen LogP contribution in [0.2, 0.25) is 0 Å². The Morgan fingerprint density at radius 3 is 2.43 bits per heavy atom. The van der Waals surface area contributed by atoms with E-state index in [0.717, 1.165) is 12.8 Å². The minimum Gasteiger partial charge on any atom is -0.481 e. The van der Waals surface area contributed by atoms with E-state index in [1.165, 1.54) is 12.8 Å². The first-order valence-electron chi connectivity index (χ1n) is 7.79. The van der Waals surface area contributed by atoms with Gasteiger partial charge in [-0.15, -0.1) is 0 Å². The molecule has 0 aromatic carbocycles. The van der Waals surface area contributed by atoms with Crippen LogP contribution in [0.4, 0.5) is 4.79 Å². The second-order valence-corrected chi connectivity index (χ2v) is 6.34. The number of carboxylic acid groups (broad SMARTS) is 1. The summed E-state index contributed by atoms with van der Waals surface area (Å²) in [6.45, 7) is 2.56. The number of nitrogens with one attached hydrogen (secondary N) is 2. The van der Waals surface area contributed by atoms with Gasteiger partial charge in [0.25, 0.3) is 0 Å². The minimum absolute atomic E-state index is 0.0109. The molecule has 0 aromatic rings. The number of carbonyl (C=O) groups is 2. The molecule has 0 spiro atoms. The molecule has 0 aromatic heterocycles. The molecule has 1 saturated carbocycles. The summed E-state index contributed by atoms with van der Waals surface area (Å²) in [5.74, 6) is -0.791. The summed E-state index contributed by atoms with van der Waals surface area (Å²) in [4.78, 5) is 24.6. The van der Waals surface area contributed by atoms with Crippen LogP contribution in [0.1, 0.15) is 51.9 Å². The fourth-order valence-electron chi connectivity index (χ4n) is 2.97. The third kappa shape index (κ3) is 5.91. The molecule has 2 amide bonds. The van der Waals surface area contributed by atoms with Gasteiger partial charge in [-0.05, 0) is 46.7 Å². The summed E-state index contributed by atoms with van der Waals surface area (Å²) in [6.07, 6.45) is 6.08. The summed E-state index contributed by atoms with van der Waals surface area (Å²) in [5, 5.41) is 14.4. The largest absolute Gasteiger partial charge is 0.481 e. The molecule has 1 atom stereocenters. The zero-order valence-electron chi connectivity index (χ0n) is 13.4. The van der Waals surface area contributed by atoms with Crippen molar-refractivity contribution in [1.82, 2.24) is 15.5 Å². The molecule has 0 saturated heterocycles. The average Bonchev–Trinajstić information content (AvgIpc) is 2.86. The standard InChI is InChI=1S/C15H29N3O3/c1-12(7-6-8-13(19)20)17-14(21)16-11-15(18(2)3)9-4-5-10-15/h12H,4-11H2,1-3H3,(H,19,20)(H2,16,17,21). The lowest BCUT2D eigenvalue weighted by Gasteiger charge is -2.36. The average molecular weight is 299 g/mol. The van der Waals surface area contributed by atoms with Crippen molar-refractivity contribution in [1.29, 1.82) is 0 Å². The molecule has 21 heavy (non-hydrogen) atoms. The van der Waals surface area contributed by atoms with Crippen molar-refractivity contribution >= 4 is 12.0 Å². The van der Waals surface area contributed by atoms with E-state index in [1.807, 2.05) is 6.92 Å². The molecule has 6 heteroatoms. The Hall–Kier alpha value is -1.30. The Labute approximate surface area is 127 Å². The molecule has 0 bridgehead atoms. The van der Waals surface area contributed by atoms with Crippen LogP contribution in [0.25, 0.3) is 0 Å². The maximum Gasteiger partial charge on any atom is 0.315 e. The summed E-state index contributed by atoms with van der Waals surface area (Å²) in [5.41, 5.74) is 0.0872. The van der Waals surface area contributed by atoms with Gasteiger partial charge in [0.1, 0.15) is 0 Å². The monoisotopic (exact) mass is 299 g/mol. The Morgan fingerprint density at radius 2 is 1.90 bits per heavy atom. The minimum atomic E-state index is -0.791. The quantitative estimate of drug-likeness (QED) is 0.638. The fourth-order valence-corrected chi connectivity index (χ4v) is 2.97. The first-order valence-corrected chi connectivity index (χ1v) is 7.79. The third-order valence-corrected chi connectivity index (χ3v) is 4.47. The van der Waals surface area contributed by atoms with Crippen molar-refractivity contribution < 1.29 is 14.7 Å². The van der Waals surface area contributed by atoms with Gasteiger partial charge in [-0.1, -0.05) is 12.8 Å². The number of carboxylic acids is 1. The van der Waals surface area contributed by atoms with E-state index in [1.54, 1.807) is 0 Å². The zero-order valence-corrected chi connectivity index (χ0v) is 13.4. The van der Waals surface area contributed by atoms with Crippen LogP contribution in [0.5, 0.6) is 0 Å². The van der Waals surface area contributed by atoms with Gasteiger partial charge in [-0.3, -0.25) is 4.79 Å². The summed E-state index contributed by atoms with van der Waals surface area (Å²) in [7, 11) is 4.14. The van der Waals surface area contributed by atoms with Crippen LogP contribution in [0, 0.1) is 0 Å². The smallest absolute Gasteiger partial charge is 0.315 e. The number of likely N-dealkylation sites (N-methyl/N-ethyl adjacent to an activating group) is 1. The summed E-state index contributed by atoms with van der Waals surface area (Å²) >= 11 is 0. The molecule has 1 aliphatic carbocycles. The third-order valence-electron chi connectivity index (χ3n) is 4.47. The molecule has 1 fully saturated rings. The second-order valence-electron chi connectivity index (χ2n) is 6.34. The fraction of sp³-hybridized carbons (Fsp3) is 0.867. The van der Waals surface area contributed by atoms with Crippen LogP contribution >= 0.6 is 0 Å². The van der Waals surface area contributed by atoms with Crippen molar-refractivity contribution in [3.63, 3.8) is 0 Å². The molecule has 0 heterocycles. The normalized spacial score (nSPS) is 18.5. The lowest BCUT2D eigenvalue weighted by molar-refractivity contribution is -0.137. The Balaban J connectivity index is 2.28. The second kappa shape index (κ2) is 8.22. The van der Waals surface area contributed by atoms with Crippen LogP contribution < -0.4 is 10.6 Å². The Bertz CT molecular complexity index is 352. The van der Waals surface area contributed by atoms with Crippen LogP contribution in [0.15, 0.2) is 0 Å². The highest BCUT2D eigenvalue weighted by Gasteiger charge is 2.36. The van der Waals surface area contributed by atoms with Crippen molar-refractivity contribution in [3.8, 4) is 0 Å².